The van der Waals surface area contributed by atoms with Gasteiger partial charge in [-0.2, -0.15) is 0 Å². The monoisotopic (exact) mass is 265 g/mol. The molecule has 1 aromatic heterocycles. The van der Waals surface area contributed by atoms with Crippen molar-refractivity contribution in [2.45, 2.75) is 47.1 Å². The van der Waals surface area contributed by atoms with E-state index in [4.69, 9.17) is 5.73 Å². The summed E-state index contributed by atoms with van der Waals surface area (Å²) in [5.74, 6) is 2.40. The van der Waals surface area contributed by atoms with Crippen LogP contribution in [0.15, 0.2) is 6.07 Å². The molecule has 4 N–H and O–H groups in total. The molecule has 108 valence electrons. The molecule has 0 saturated heterocycles. The van der Waals surface area contributed by atoms with Gasteiger partial charge in [-0.1, -0.05) is 20.8 Å². The maximum absolute atomic E-state index is 5.95. The SMILES string of the molecule is Cc1nc(NCC(C)(C)C)cc(NCC(C)(C)N)n1. The molecule has 0 fully saturated rings. The lowest BCUT2D eigenvalue weighted by atomic mass is 9.97. The first-order chi connectivity index (χ1) is 8.55. The zero-order valence-corrected chi connectivity index (χ0v) is 13.0. The number of aryl methyl sites for hydroxylation is 1. The van der Waals surface area contributed by atoms with Gasteiger partial charge in [0.2, 0.25) is 0 Å². The second kappa shape index (κ2) is 5.74. The minimum Gasteiger partial charge on any atom is -0.369 e. The smallest absolute Gasteiger partial charge is 0.131 e. The standard InChI is InChI=1S/C14H27N5/c1-10-18-11(16-8-13(2,3)4)7-12(19-10)17-9-14(5,6)15/h7H,8-9,15H2,1-6H3,(H2,16,17,18,19). The van der Waals surface area contributed by atoms with Crippen LogP contribution in [0.2, 0.25) is 0 Å². The van der Waals surface area contributed by atoms with Crippen LogP contribution in [0.1, 0.15) is 40.4 Å². The predicted octanol–water partition coefficient (Wildman–Crippen LogP) is 2.39. The Morgan fingerprint density at radius 2 is 1.47 bits per heavy atom. The summed E-state index contributed by atoms with van der Waals surface area (Å²) in [4.78, 5) is 8.75. The highest BCUT2D eigenvalue weighted by Gasteiger charge is 2.12. The molecule has 1 aromatic rings. The van der Waals surface area contributed by atoms with Crippen molar-refractivity contribution in [2.75, 3.05) is 23.7 Å². The van der Waals surface area contributed by atoms with Crippen LogP contribution in [0.5, 0.6) is 0 Å². The van der Waals surface area contributed by atoms with Crippen LogP contribution in [0.25, 0.3) is 0 Å². The summed E-state index contributed by atoms with van der Waals surface area (Å²) < 4.78 is 0. The van der Waals surface area contributed by atoms with Crippen LogP contribution >= 0.6 is 0 Å². The Labute approximate surface area is 116 Å². The molecule has 5 nitrogen and oxygen atoms in total. The van der Waals surface area contributed by atoms with E-state index in [1.807, 2.05) is 26.8 Å². The molecule has 0 aliphatic heterocycles. The lowest BCUT2D eigenvalue weighted by Crippen LogP contribution is -2.39. The number of nitrogens with two attached hydrogens (primary N) is 1. The Kier molecular flexibility index (Phi) is 4.74. The summed E-state index contributed by atoms with van der Waals surface area (Å²) in [6.07, 6.45) is 0. The van der Waals surface area contributed by atoms with E-state index in [1.165, 1.54) is 0 Å². The van der Waals surface area contributed by atoms with E-state index in [0.29, 0.717) is 6.54 Å². The maximum Gasteiger partial charge on any atom is 0.131 e. The predicted molar refractivity (Wildman–Crippen MR) is 81.5 cm³/mol. The first kappa shape index (κ1) is 15.7. The number of hydrogen-bond donors (Lipinski definition) is 3. The van der Waals surface area contributed by atoms with Crippen LogP contribution < -0.4 is 16.4 Å². The highest BCUT2D eigenvalue weighted by atomic mass is 15.1. The first-order valence-corrected chi connectivity index (χ1v) is 6.67. The quantitative estimate of drug-likeness (QED) is 0.762. The topological polar surface area (TPSA) is 75.9 Å². The zero-order valence-electron chi connectivity index (χ0n) is 13.0. The third kappa shape index (κ3) is 6.96. The van der Waals surface area contributed by atoms with E-state index in [0.717, 1.165) is 24.0 Å². The summed E-state index contributed by atoms with van der Waals surface area (Å²) in [5.41, 5.74) is 5.90. The largest absolute Gasteiger partial charge is 0.369 e. The summed E-state index contributed by atoms with van der Waals surface area (Å²) in [5, 5.41) is 6.59. The van der Waals surface area contributed by atoms with Crippen molar-refractivity contribution in [3.63, 3.8) is 0 Å². The Morgan fingerprint density at radius 3 is 1.89 bits per heavy atom. The number of aromatic nitrogens is 2. The number of hydrogen-bond acceptors (Lipinski definition) is 5. The van der Waals surface area contributed by atoms with Gasteiger partial charge in [0.25, 0.3) is 0 Å². The molecule has 0 spiro atoms. The highest BCUT2D eigenvalue weighted by Crippen LogP contribution is 2.16. The average molecular weight is 265 g/mol. The third-order valence-electron chi connectivity index (χ3n) is 2.36. The lowest BCUT2D eigenvalue weighted by Gasteiger charge is -2.21. The molecular formula is C14H27N5. The van der Waals surface area contributed by atoms with E-state index in [9.17, 15) is 0 Å². The van der Waals surface area contributed by atoms with Gasteiger partial charge in [0.1, 0.15) is 17.5 Å². The molecule has 0 unspecified atom stereocenters. The second-order valence-electron chi connectivity index (χ2n) is 6.94. The Morgan fingerprint density at radius 1 is 1.00 bits per heavy atom. The van der Waals surface area contributed by atoms with Crippen molar-refractivity contribution < 1.29 is 0 Å². The van der Waals surface area contributed by atoms with Crippen LogP contribution in [-0.4, -0.2) is 28.6 Å². The van der Waals surface area contributed by atoms with Crippen molar-refractivity contribution in [3.8, 4) is 0 Å². The van der Waals surface area contributed by atoms with Crippen molar-refractivity contribution in [1.82, 2.24) is 9.97 Å². The maximum atomic E-state index is 5.95. The molecular weight excluding hydrogens is 238 g/mol. The molecule has 1 heterocycles. The van der Waals surface area contributed by atoms with E-state index in [1.54, 1.807) is 0 Å². The molecule has 0 saturated carbocycles. The van der Waals surface area contributed by atoms with Crippen molar-refractivity contribution in [1.29, 1.82) is 0 Å². The van der Waals surface area contributed by atoms with Gasteiger partial charge in [-0.25, -0.2) is 9.97 Å². The summed E-state index contributed by atoms with van der Waals surface area (Å²) in [7, 11) is 0. The van der Waals surface area contributed by atoms with Gasteiger partial charge in [-0.3, -0.25) is 0 Å². The molecule has 0 aliphatic carbocycles. The fourth-order valence-corrected chi connectivity index (χ4v) is 1.42. The molecule has 0 amide bonds. The highest BCUT2D eigenvalue weighted by molar-refractivity contribution is 5.47. The molecule has 0 radical (unpaired) electrons. The van der Waals surface area contributed by atoms with Crippen LogP contribution in [0.3, 0.4) is 0 Å². The second-order valence-corrected chi connectivity index (χ2v) is 6.94. The van der Waals surface area contributed by atoms with Gasteiger partial charge in [0.15, 0.2) is 0 Å². The minimum absolute atomic E-state index is 0.214. The van der Waals surface area contributed by atoms with Gasteiger partial charge in [0.05, 0.1) is 0 Å². The van der Waals surface area contributed by atoms with Crippen LogP contribution in [0.4, 0.5) is 11.6 Å². The molecule has 0 aliphatic rings. The normalized spacial score (nSPS) is 12.4. The number of nitrogens with zero attached hydrogens (tertiary/aromatic N) is 2. The van der Waals surface area contributed by atoms with E-state index in [-0.39, 0.29) is 11.0 Å². The molecule has 5 heteroatoms. The fraction of sp³-hybridized carbons (Fsp3) is 0.714. The van der Waals surface area contributed by atoms with E-state index in [2.05, 4.69) is 41.4 Å². The summed E-state index contributed by atoms with van der Waals surface area (Å²) in [6, 6.07) is 1.92. The average Bonchev–Trinajstić information content (AvgIpc) is 2.21. The summed E-state index contributed by atoms with van der Waals surface area (Å²) in [6.45, 7) is 13.9. The third-order valence-corrected chi connectivity index (χ3v) is 2.36. The molecule has 1 rings (SSSR count). The summed E-state index contributed by atoms with van der Waals surface area (Å²) >= 11 is 0. The van der Waals surface area contributed by atoms with Crippen molar-refractivity contribution >= 4 is 11.6 Å². The van der Waals surface area contributed by atoms with Crippen molar-refractivity contribution in [2.24, 2.45) is 11.1 Å². The minimum atomic E-state index is -0.266. The molecule has 0 bridgehead atoms. The van der Waals surface area contributed by atoms with E-state index < -0.39 is 0 Å². The number of anilines is 2. The zero-order chi connectivity index (χ0) is 14.7. The van der Waals surface area contributed by atoms with Gasteiger partial charge in [0, 0.05) is 24.7 Å². The van der Waals surface area contributed by atoms with Crippen LogP contribution in [0, 0.1) is 12.3 Å². The Balaban J connectivity index is 2.71. The fourth-order valence-electron chi connectivity index (χ4n) is 1.42. The number of nitrogens with one attached hydrogen (secondary N) is 2. The van der Waals surface area contributed by atoms with E-state index >= 15 is 0 Å². The van der Waals surface area contributed by atoms with Crippen LogP contribution in [-0.2, 0) is 0 Å². The van der Waals surface area contributed by atoms with Gasteiger partial charge >= 0.3 is 0 Å². The van der Waals surface area contributed by atoms with Crippen molar-refractivity contribution in [3.05, 3.63) is 11.9 Å². The van der Waals surface area contributed by atoms with Gasteiger partial charge in [-0.15, -0.1) is 0 Å². The Hall–Kier alpha value is -1.36. The lowest BCUT2D eigenvalue weighted by molar-refractivity contribution is 0.442. The Bertz CT molecular complexity index is 379. The van der Waals surface area contributed by atoms with Gasteiger partial charge in [-0.05, 0) is 26.2 Å². The molecule has 0 atom stereocenters. The first-order valence-electron chi connectivity index (χ1n) is 6.67. The molecule has 0 aromatic carbocycles. The number of rotatable bonds is 5. The molecule has 19 heavy (non-hydrogen) atoms. The van der Waals surface area contributed by atoms with Gasteiger partial charge < -0.3 is 16.4 Å².